The zero-order chi connectivity index (χ0) is 13.2. The van der Waals surface area contributed by atoms with E-state index < -0.39 is 12.2 Å². The van der Waals surface area contributed by atoms with Crippen LogP contribution < -0.4 is 0 Å². The highest BCUT2D eigenvalue weighted by atomic mass is 16.5. The maximum atomic E-state index is 9.49. The maximum absolute atomic E-state index is 9.49. The monoisotopic (exact) mass is 260 g/mol. The molecule has 0 spiro atoms. The molecule has 1 saturated heterocycles. The van der Waals surface area contributed by atoms with E-state index in [-0.39, 0.29) is 0 Å². The zero-order valence-corrected chi connectivity index (χ0v) is 10.4. The lowest BCUT2D eigenvalue weighted by Gasteiger charge is -2.11. The van der Waals surface area contributed by atoms with Crippen LogP contribution >= 0.6 is 0 Å². The number of likely N-dealkylation sites (tertiary alicyclic amines) is 1. The van der Waals surface area contributed by atoms with Crippen molar-refractivity contribution in [3.05, 3.63) is 42.1 Å². The van der Waals surface area contributed by atoms with Gasteiger partial charge in [0.25, 0.3) is 0 Å². The van der Waals surface area contributed by atoms with Gasteiger partial charge in [-0.05, 0) is 0 Å². The van der Waals surface area contributed by atoms with Crippen molar-refractivity contribution in [2.75, 3.05) is 13.1 Å². The van der Waals surface area contributed by atoms with Crippen molar-refractivity contribution in [2.24, 2.45) is 0 Å². The number of aromatic nitrogens is 1. The summed E-state index contributed by atoms with van der Waals surface area (Å²) in [5.41, 5.74) is 1.79. The van der Waals surface area contributed by atoms with Gasteiger partial charge in [0.2, 0.25) is 0 Å². The number of nitrogens with zero attached hydrogens (tertiary/aromatic N) is 2. The Morgan fingerprint density at radius 1 is 1.16 bits per heavy atom. The third kappa shape index (κ3) is 2.68. The molecule has 5 nitrogen and oxygen atoms in total. The van der Waals surface area contributed by atoms with Gasteiger partial charge in [-0.3, -0.25) is 4.90 Å². The van der Waals surface area contributed by atoms with Crippen LogP contribution in [-0.2, 0) is 6.54 Å². The van der Waals surface area contributed by atoms with E-state index in [1.807, 2.05) is 41.3 Å². The second-order valence-electron chi connectivity index (χ2n) is 4.88. The van der Waals surface area contributed by atoms with Crippen molar-refractivity contribution in [3.8, 4) is 11.3 Å². The molecular weight excluding hydrogens is 244 g/mol. The first kappa shape index (κ1) is 12.3. The van der Waals surface area contributed by atoms with Gasteiger partial charge in [-0.15, -0.1) is 0 Å². The van der Waals surface area contributed by atoms with Crippen LogP contribution in [0.5, 0.6) is 0 Å². The lowest BCUT2D eigenvalue weighted by molar-refractivity contribution is 0.0572. The molecule has 2 unspecified atom stereocenters. The summed E-state index contributed by atoms with van der Waals surface area (Å²) in [6.07, 6.45) is -1.33. The SMILES string of the molecule is OC1CN(Cc2cc(-c3ccccc3)on2)CC1O. The van der Waals surface area contributed by atoms with E-state index in [2.05, 4.69) is 5.16 Å². The summed E-state index contributed by atoms with van der Waals surface area (Å²) < 4.78 is 5.31. The first-order chi connectivity index (χ1) is 9.22. The average molecular weight is 260 g/mol. The van der Waals surface area contributed by atoms with E-state index >= 15 is 0 Å². The summed E-state index contributed by atoms with van der Waals surface area (Å²) in [4.78, 5) is 1.96. The van der Waals surface area contributed by atoms with Crippen LogP contribution in [0.1, 0.15) is 5.69 Å². The summed E-state index contributed by atoms with van der Waals surface area (Å²) in [5, 5.41) is 23.0. The van der Waals surface area contributed by atoms with Gasteiger partial charge < -0.3 is 14.7 Å². The predicted octanol–water partition coefficient (Wildman–Crippen LogP) is 0.879. The van der Waals surface area contributed by atoms with Gasteiger partial charge in [0, 0.05) is 31.3 Å². The summed E-state index contributed by atoms with van der Waals surface area (Å²) in [6, 6.07) is 11.7. The molecule has 1 aliphatic rings. The summed E-state index contributed by atoms with van der Waals surface area (Å²) in [5.74, 6) is 0.732. The molecule has 1 fully saturated rings. The van der Waals surface area contributed by atoms with Gasteiger partial charge in [0.1, 0.15) is 0 Å². The molecule has 3 rings (SSSR count). The highest BCUT2D eigenvalue weighted by Gasteiger charge is 2.29. The van der Waals surface area contributed by atoms with Gasteiger partial charge in [-0.25, -0.2) is 0 Å². The predicted molar refractivity (Wildman–Crippen MR) is 69.2 cm³/mol. The normalized spacial score (nSPS) is 23.9. The molecule has 0 aliphatic carbocycles. The van der Waals surface area contributed by atoms with Gasteiger partial charge in [-0.1, -0.05) is 35.5 Å². The second-order valence-corrected chi connectivity index (χ2v) is 4.88. The molecule has 100 valence electrons. The number of hydrogen-bond donors (Lipinski definition) is 2. The molecule has 1 aliphatic heterocycles. The minimum atomic E-state index is -0.666. The zero-order valence-electron chi connectivity index (χ0n) is 10.4. The van der Waals surface area contributed by atoms with E-state index in [9.17, 15) is 10.2 Å². The number of benzene rings is 1. The maximum Gasteiger partial charge on any atom is 0.167 e. The lowest BCUT2D eigenvalue weighted by Crippen LogP contribution is -2.22. The first-order valence-electron chi connectivity index (χ1n) is 6.32. The molecule has 1 aromatic heterocycles. The minimum absolute atomic E-state index is 0.467. The van der Waals surface area contributed by atoms with Gasteiger partial charge in [-0.2, -0.15) is 0 Å². The van der Waals surface area contributed by atoms with E-state index in [0.717, 1.165) is 17.0 Å². The van der Waals surface area contributed by atoms with E-state index in [1.54, 1.807) is 0 Å². The van der Waals surface area contributed by atoms with Crippen molar-refractivity contribution in [2.45, 2.75) is 18.8 Å². The number of β-amino-alcohol motifs (C(OH)–C–C–N with tert-alkyl or cyclic N) is 2. The van der Waals surface area contributed by atoms with Crippen LogP contribution in [0.3, 0.4) is 0 Å². The minimum Gasteiger partial charge on any atom is -0.389 e. The molecule has 2 aromatic rings. The number of aliphatic hydroxyl groups excluding tert-OH is 2. The van der Waals surface area contributed by atoms with Gasteiger partial charge in [0.05, 0.1) is 17.9 Å². The average Bonchev–Trinajstić information content (AvgIpc) is 2.99. The third-order valence-corrected chi connectivity index (χ3v) is 3.34. The fourth-order valence-electron chi connectivity index (χ4n) is 2.33. The van der Waals surface area contributed by atoms with Gasteiger partial charge >= 0.3 is 0 Å². The number of aliphatic hydroxyl groups is 2. The van der Waals surface area contributed by atoms with E-state index in [1.165, 1.54) is 0 Å². The molecule has 0 saturated carbocycles. The van der Waals surface area contributed by atoms with Crippen LogP contribution in [0.2, 0.25) is 0 Å². The fraction of sp³-hybridized carbons (Fsp3) is 0.357. The molecule has 2 N–H and O–H groups in total. The summed E-state index contributed by atoms with van der Waals surface area (Å²) in [6.45, 7) is 1.51. The highest BCUT2D eigenvalue weighted by Crippen LogP contribution is 2.21. The van der Waals surface area contributed by atoms with E-state index in [0.29, 0.717) is 19.6 Å². The van der Waals surface area contributed by atoms with Crippen LogP contribution in [0.15, 0.2) is 40.9 Å². The molecular formula is C14H16N2O3. The van der Waals surface area contributed by atoms with Crippen molar-refractivity contribution in [1.29, 1.82) is 0 Å². The molecule has 0 amide bonds. The van der Waals surface area contributed by atoms with Crippen LogP contribution in [0.25, 0.3) is 11.3 Å². The van der Waals surface area contributed by atoms with Crippen LogP contribution in [0.4, 0.5) is 0 Å². The first-order valence-corrected chi connectivity index (χ1v) is 6.32. The second kappa shape index (κ2) is 5.13. The standard InChI is InChI=1S/C14H16N2O3/c17-12-8-16(9-13(12)18)7-11-6-14(19-15-11)10-4-2-1-3-5-10/h1-6,12-13,17-18H,7-9H2. The Hall–Kier alpha value is -1.69. The Morgan fingerprint density at radius 3 is 2.53 bits per heavy atom. The van der Waals surface area contributed by atoms with Gasteiger partial charge in [0.15, 0.2) is 5.76 Å². The van der Waals surface area contributed by atoms with Crippen molar-refractivity contribution >= 4 is 0 Å². The van der Waals surface area contributed by atoms with Crippen molar-refractivity contribution < 1.29 is 14.7 Å². The molecule has 0 radical (unpaired) electrons. The number of rotatable bonds is 3. The highest BCUT2D eigenvalue weighted by molar-refractivity contribution is 5.56. The Kier molecular flexibility index (Phi) is 3.33. The summed E-state index contributed by atoms with van der Waals surface area (Å²) >= 11 is 0. The Labute approximate surface area is 111 Å². The molecule has 5 heteroatoms. The van der Waals surface area contributed by atoms with Crippen LogP contribution in [0, 0.1) is 0 Å². The van der Waals surface area contributed by atoms with Crippen LogP contribution in [-0.4, -0.2) is 45.6 Å². The molecule has 0 bridgehead atoms. The largest absolute Gasteiger partial charge is 0.389 e. The Bertz CT molecular complexity index is 531. The molecule has 1 aromatic carbocycles. The Balaban J connectivity index is 1.69. The third-order valence-electron chi connectivity index (χ3n) is 3.34. The topological polar surface area (TPSA) is 69.7 Å². The number of hydrogen-bond acceptors (Lipinski definition) is 5. The summed E-state index contributed by atoms with van der Waals surface area (Å²) in [7, 11) is 0. The smallest absolute Gasteiger partial charge is 0.167 e. The Morgan fingerprint density at radius 2 is 1.84 bits per heavy atom. The quantitative estimate of drug-likeness (QED) is 0.857. The van der Waals surface area contributed by atoms with Crippen molar-refractivity contribution in [3.63, 3.8) is 0 Å². The van der Waals surface area contributed by atoms with E-state index in [4.69, 9.17) is 4.52 Å². The molecule has 19 heavy (non-hydrogen) atoms. The van der Waals surface area contributed by atoms with Crippen molar-refractivity contribution in [1.82, 2.24) is 10.1 Å². The molecule has 2 atom stereocenters. The fourth-order valence-corrected chi connectivity index (χ4v) is 2.33. The lowest BCUT2D eigenvalue weighted by atomic mass is 10.1. The molecule has 2 heterocycles.